The Morgan fingerprint density at radius 3 is 2.57 bits per heavy atom. The number of likely N-dealkylation sites (N-methyl/N-ethyl adjacent to an activating group) is 1. The summed E-state index contributed by atoms with van der Waals surface area (Å²) in [6, 6.07) is 8.56. The van der Waals surface area contributed by atoms with Crippen LogP contribution in [0.1, 0.15) is 15.9 Å². The Balaban J connectivity index is 1.58. The van der Waals surface area contributed by atoms with Crippen molar-refractivity contribution in [2.24, 2.45) is 5.73 Å². The van der Waals surface area contributed by atoms with E-state index in [4.69, 9.17) is 5.73 Å². The molecule has 3 aromatic rings. The number of nitrogens with one attached hydrogen (secondary N) is 1. The number of ether oxygens (including phenoxy) is 1. The van der Waals surface area contributed by atoms with Gasteiger partial charge >= 0.3 is 6.36 Å². The topological polar surface area (TPSA) is 102 Å². The van der Waals surface area contributed by atoms with Crippen molar-refractivity contribution in [3.63, 3.8) is 0 Å². The van der Waals surface area contributed by atoms with Gasteiger partial charge < -0.3 is 20.7 Å². The molecule has 30 heavy (non-hydrogen) atoms. The zero-order chi connectivity index (χ0) is 21.9. The minimum Gasteiger partial charge on any atom is -0.406 e. The molecule has 158 valence electrons. The molecule has 0 unspecified atom stereocenters. The molecular formula is C19H18F3N5O3. The number of nitrogens with zero attached hydrogens (tertiary/aromatic N) is 3. The number of benzene rings is 1. The van der Waals surface area contributed by atoms with Gasteiger partial charge in [0.05, 0.1) is 23.8 Å². The van der Waals surface area contributed by atoms with Crippen LogP contribution in [0.5, 0.6) is 5.75 Å². The molecule has 0 spiro atoms. The number of hydrogen-bond acceptors (Lipinski definition) is 5. The second-order valence-corrected chi connectivity index (χ2v) is 6.46. The predicted molar refractivity (Wildman–Crippen MR) is 102 cm³/mol. The second kappa shape index (κ2) is 8.31. The number of aromatic nitrogens is 2. The Kier molecular flexibility index (Phi) is 5.81. The number of primary amides is 1. The van der Waals surface area contributed by atoms with Crippen LogP contribution in [0.3, 0.4) is 0 Å². The zero-order valence-corrected chi connectivity index (χ0v) is 15.8. The fourth-order valence-electron chi connectivity index (χ4n) is 2.76. The van der Waals surface area contributed by atoms with E-state index in [0.717, 1.165) is 17.7 Å². The van der Waals surface area contributed by atoms with E-state index in [1.165, 1.54) is 27.7 Å². The first-order chi connectivity index (χ1) is 14.1. The van der Waals surface area contributed by atoms with Gasteiger partial charge in [-0.25, -0.2) is 4.52 Å². The molecule has 2 amide bonds. The smallest absolute Gasteiger partial charge is 0.406 e. The van der Waals surface area contributed by atoms with Crippen LogP contribution < -0.4 is 15.8 Å². The molecule has 2 heterocycles. The van der Waals surface area contributed by atoms with Crippen LogP contribution in [0.4, 0.5) is 18.9 Å². The van der Waals surface area contributed by atoms with Crippen LogP contribution in [0.2, 0.25) is 0 Å². The standard InChI is InChI=1S/C19H18F3N5O3/c1-26(11-12-6-7-27-16(8-12)15(9-25-27)18(23)29)17(28)10-24-13-2-4-14(5-3-13)30-19(20,21)22/h2-9,24H,10-11H2,1H3,(H2,23,29). The lowest BCUT2D eigenvalue weighted by Crippen LogP contribution is -2.31. The van der Waals surface area contributed by atoms with Gasteiger partial charge in [-0.2, -0.15) is 5.10 Å². The lowest BCUT2D eigenvalue weighted by molar-refractivity contribution is -0.274. The molecular weight excluding hydrogens is 403 g/mol. The van der Waals surface area contributed by atoms with E-state index in [1.807, 2.05) is 0 Å². The van der Waals surface area contributed by atoms with Crippen LogP contribution in [0.25, 0.3) is 5.52 Å². The van der Waals surface area contributed by atoms with E-state index >= 15 is 0 Å². The van der Waals surface area contributed by atoms with Gasteiger partial charge in [-0.05, 0) is 42.0 Å². The van der Waals surface area contributed by atoms with Gasteiger partial charge in [-0.3, -0.25) is 9.59 Å². The van der Waals surface area contributed by atoms with Crippen LogP contribution in [0, 0.1) is 0 Å². The van der Waals surface area contributed by atoms with Gasteiger partial charge in [0, 0.05) is 25.5 Å². The van der Waals surface area contributed by atoms with Crippen LogP contribution in [-0.4, -0.2) is 46.3 Å². The number of carbonyl (C=O) groups is 2. The van der Waals surface area contributed by atoms with Gasteiger partial charge in [-0.15, -0.1) is 13.2 Å². The molecule has 0 aliphatic carbocycles. The maximum absolute atomic E-state index is 12.4. The van der Waals surface area contributed by atoms with Gasteiger partial charge in [0.15, 0.2) is 0 Å². The van der Waals surface area contributed by atoms with Crippen molar-refractivity contribution >= 4 is 23.0 Å². The third-order valence-electron chi connectivity index (χ3n) is 4.23. The number of fused-ring (bicyclic) bond motifs is 1. The maximum Gasteiger partial charge on any atom is 0.573 e. The summed E-state index contributed by atoms with van der Waals surface area (Å²) in [5.74, 6) is -1.18. The molecule has 2 aromatic heterocycles. The molecule has 0 fully saturated rings. The quantitative estimate of drug-likeness (QED) is 0.610. The maximum atomic E-state index is 12.4. The minimum atomic E-state index is -4.76. The monoisotopic (exact) mass is 421 g/mol. The number of pyridine rings is 1. The molecule has 0 aliphatic rings. The Labute approximate surface area is 169 Å². The summed E-state index contributed by atoms with van der Waals surface area (Å²) in [7, 11) is 1.61. The van der Waals surface area contributed by atoms with E-state index in [0.29, 0.717) is 11.2 Å². The second-order valence-electron chi connectivity index (χ2n) is 6.46. The first kappa shape index (κ1) is 21.0. The Hall–Kier alpha value is -3.76. The minimum absolute atomic E-state index is 0.0581. The van der Waals surface area contributed by atoms with Crippen molar-refractivity contribution in [1.82, 2.24) is 14.5 Å². The van der Waals surface area contributed by atoms with Crippen LogP contribution >= 0.6 is 0 Å². The van der Waals surface area contributed by atoms with Crippen molar-refractivity contribution in [3.8, 4) is 5.75 Å². The summed E-state index contributed by atoms with van der Waals surface area (Å²) in [5.41, 5.74) is 7.40. The van der Waals surface area contributed by atoms with Crippen LogP contribution in [-0.2, 0) is 11.3 Å². The molecule has 0 atom stereocenters. The van der Waals surface area contributed by atoms with Crippen LogP contribution in [0.15, 0.2) is 48.8 Å². The summed E-state index contributed by atoms with van der Waals surface area (Å²) < 4.78 is 41.8. The lowest BCUT2D eigenvalue weighted by atomic mass is 10.2. The van der Waals surface area contributed by atoms with E-state index < -0.39 is 12.3 Å². The number of anilines is 1. The van der Waals surface area contributed by atoms with Crippen molar-refractivity contribution < 1.29 is 27.5 Å². The molecule has 3 N–H and O–H groups in total. The van der Waals surface area contributed by atoms with Crippen molar-refractivity contribution in [2.75, 3.05) is 18.9 Å². The highest BCUT2D eigenvalue weighted by Crippen LogP contribution is 2.24. The largest absolute Gasteiger partial charge is 0.573 e. The van der Waals surface area contributed by atoms with Crippen molar-refractivity contribution in [1.29, 1.82) is 0 Å². The average Bonchev–Trinajstić information content (AvgIpc) is 3.09. The molecule has 1 aromatic carbocycles. The molecule has 11 heteroatoms. The van der Waals surface area contributed by atoms with Gasteiger partial charge in [0.25, 0.3) is 5.91 Å². The third-order valence-corrected chi connectivity index (χ3v) is 4.23. The highest BCUT2D eigenvalue weighted by atomic mass is 19.4. The molecule has 8 nitrogen and oxygen atoms in total. The average molecular weight is 421 g/mol. The first-order valence-electron chi connectivity index (χ1n) is 8.72. The normalized spacial score (nSPS) is 11.3. The molecule has 0 saturated carbocycles. The summed E-state index contributed by atoms with van der Waals surface area (Å²) in [4.78, 5) is 25.3. The Morgan fingerprint density at radius 1 is 1.23 bits per heavy atom. The highest BCUT2D eigenvalue weighted by Gasteiger charge is 2.30. The Bertz CT molecular complexity index is 1060. The number of carbonyl (C=O) groups excluding carboxylic acids is 2. The predicted octanol–water partition coefficient (Wildman–Crippen LogP) is 2.40. The molecule has 3 rings (SSSR count). The SMILES string of the molecule is CN(Cc1ccn2ncc(C(N)=O)c2c1)C(=O)CNc1ccc(OC(F)(F)F)cc1. The summed E-state index contributed by atoms with van der Waals surface area (Å²) >= 11 is 0. The summed E-state index contributed by atoms with van der Waals surface area (Å²) in [6.45, 7) is 0.218. The van der Waals surface area contributed by atoms with Crippen molar-refractivity contribution in [2.45, 2.75) is 12.9 Å². The summed E-state index contributed by atoms with van der Waals surface area (Å²) in [5, 5.41) is 6.89. The Morgan fingerprint density at radius 2 is 1.93 bits per heavy atom. The van der Waals surface area contributed by atoms with E-state index in [1.54, 1.807) is 25.4 Å². The number of alkyl halides is 3. The number of nitrogens with two attached hydrogens (primary N) is 1. The fourth-order valence-corrected chi connectivity index (χ4v) is 2.76. The number of hydrogen-bond donors (Lipinski definition) is 2. The van der Waals surface area contributed by atoms with E-state index in [-0.39, 0.29) is 30.3 Å². The van der Waals surface area contributed by atoms with E-state index in [9.17, 15) is 22.8 Å². The number of amides is 2. The lowest BCUT2D eigenvalue weighted by Gasteiger charge is -2.18. The third kappa shape index (κ3) is 5.19. The van der Waals surface area contributed by atoms with Gasteiger partial charge in [0.1, 0.15) is 5.75 Å². The first-order valence-corrected chi connectivity index (χ1v) is 8.72. The van der Waals surface area contributed by atoms with Gasteiger partial charge in [0.2, 0.25) is 5.91 Å². The summed E-state index contributed by atoms with van der Waals surface area (Å²) in [6.07, 6.45) is -1.71. The van der Waals surface area contributed by atoms with E-state index in [2.05, 4.69) is 15.2 Å². The molecule has 0 bridgehead atoms. The van der Waals surface area contributed by atoms with Gasteiger partial charge in [-0.1, -0.05) is 0 Å². The van der Waals surface area contributed by atoms with Crippen molar-refractivity contribution in [3.05, 3.63) is 59.9 Å². The molecule has 0 saturated heterocycles. The molecule has 0 aliphatic heterocycles. The number of rotatable bonds is 7. The highest BCUT2D eigenvalue weighted by molar-refractivity contribution is 5.99. The molecule has 0 radical (unpaired) electrons. The fraction of sp³-hybridized carbons (Fsp3) is 0.211. The number of halogens is 3. The zero-order valence-electron chi connectivity index (χ0n) is 15.8.